The van der Waals surface area contributed by atoms with Crippen LogP contribution in [-0.2, 0) is 4.74 Å². The molecule has 24 heavy (non-hydrogen) atoms. The van der Waals surface area contributed by atoms with Gasteiger partial charge < -0.3 is 9.47 Å². The zero-order valence-corrected chi connectivity index (χ0v) is 14.1. The molecule has 1 N–H and O–H groups in total. The van der Waals surface area contributed by atoms with Crippen molar-refractivity contribution in [1.29, 1.82) is 0 Å². The van der Waals surface area contributed by atoms with Crippen molar-refractivity contribution in [1.82, 2.24) is 9.97 Å². The third-order valence-electron chi connectivity index (χ3n) is 2.80. The van der Waals surface area contributed by atoms with E-state index in [4.69, 9.17) is 9.47 Å². The molecule has 0 atom stereocenters. The minimum atomic E-state index is -0.716. The number of carbonyl (C=O) groups excluding carboxylic acids is 1. The van der Waals surface area contributed by atoms with Crippen LogP contribution in [0.15, 0.2) is 30.6 Å². The molecule has 1 heterocycles. The molecule has 7 heteroatoms. The first kappa shape index (κ1) is 17.7. The zero-order chi connectivity index (χ0) is 17.7. The van der Waals surface area contributed by atoms with E-state index in [-0.39, 0.29) is 5.69 Å². The molecule has 0 saturated carbocycles. The maximum absolute atomic E-state index is 14.2. The monoisotopic (exact) mass is 333 g/mol. The molecule has 128 valence electrons. The molecule has 0 aliphatic heterocycles. The van der Waals surface area contributed by atoms with Gasteiger partial charge in [0, 0.05) is 5.56 Å². The summed E-state index contributed by atoms with van der Waals surface area (Å²) in [5.41, 5.74) is -0.138. The first-order chi connectivity index (χ1) is 11.3. The number of carbonyl (C=O) groups is 1. The summed E-state index contributed by atoms with van der Waals surface area (Å²) in [5.74, 6) is 0.307. The number of hydrogen-bond donors (Lipinski definition) is 1. The maximum Gasteiger partial charge on any atom is 0.412 e. The van der Waals surface area contributed by atoms with Gasteiger partial charge in [-0.1, -0.05) is 0 Å². The largest absolute Gasteiger partial charge is 0.491 e. The van der Waals surface area contributed by atoms with Gasteiger partial charge in [0.15, 0.2) is 11.6 Å². The van der Waals surface area contributed by atoms with E-state index in [2.05, 4.69) is 15.3 Å². The fourth-order valence-electron chi connectivity index (χ4n) is 1.88. The third kappa shape index (κ3) is 4.91. The number of anilines is 1. The lowest BCUT2D eigenvalue weighted by atomic mass is 10.2. The number of nitrogens with zero attached hydrogens (tertiary/aromatic N) is 2. The highest BCUT2D eigenvalue weighted by Gasteiger charge is 2.17. The van der Waals surface area contributed by atoms with Crippen LogP contribution in [0.5, 0.6) is 5.75 Å². The van der Waals surface area contributed by atoms with Gasteiger partial charge in [-0.2, -0.15) is 0 Å². The third-order valence-corrected chi connectivity index (χ3v) is 2.80. The Morgan fingerprint density at radius 2 is 1.92 bits per heavy atom. The molecule has 2 aromatic rings. The second-order valence-electron chi connectivity index (χ2n) is 6.00. The number of halogens is 1. The SMILES string of the molecule is CCOc1cnc(-c2ccc(NC(=O)OC(C)(C)C)c(F)c2)nc1. The summed E-state index contributed by atoms with van der Waals surface area (Å²) in [4.78, 5) is 20.0. The highest BCUT2D eigenvalue weighted by molar-refractivity contribution is 5.85. The minimum absolute atomic E-state index is 0.0268. The van der Waals surface area contributed by atoms with Crippen LogP contribution in [0.1, 0.15) is 27.7 Å². The van der Waals surface area contributed by atoms with Gasteiger partial charge in [-0.15, -0.1) is 0 Å². The summed E-state index contributed by atoms with van der Waals surface area (Å²) in [5, 5.41) is 2.37. The fourth-order valence-corrected chi connectivity index (χ4v) is 1.88. The van der Waals surface area contributed by atoms with Crippen LogP contribution in [0.25, 0.3) is 11.4 Å². The lowest BCUT2D eigenvalue weighted by molar-refractivity contribution is 0.0635. The van der Waals surface area contributed by atoms with Crippen molar-refractivity contribution in [3.05, 3.63) is 36.4 Å². The van der Waals surface area contributed by atoms with E-state index >= 15 is 0 Å². The second kappa shape index (κ2) is 7.25. The Hall–Kier alpha value is -2.70. The first-order valence-corrected chi connectivity index (χ1v) is 7.53. The number of benzene rings is 1. The number of aromatic nitrogens is 2. The summed E-state index contributed by atoms with van der Waals surface area (Å²) in [6.07, 6.45) is 2.33. The Labute approximate surface area is 140 Å². The summed E-state index contributed by atoms with van der Waals surface area (Å²) in [6.45, 7) is 7.57. The molecule has 0 saturated heterocycles. The lowest BCUT2D eigenvalue weighted by Crippen LogP contribution is -2.27. The van der Waals surface area contributed by atoms with Crippen molar-refractivity contribution >= 4 is 11.8 Å². The van der Waals surface area contributed by atoms with Crippen LogP contribution in [0, 0.1) is 5.82 Å². The van der Waals surface area contributed by atoms with Crippen LogP contribution < -0.4 is 10.1 Å². The standard InChI is InChI=1S/C17H20FN3O3/c1-5-23-12-9-19-15(20-10-12)11-6-7-14(13(18)8-11)21-16(22)24-17(2,3)4/h6-10H,5H2,1-4H3,(H,21,22). The van der Waals surface area contributed by atoms with Crippen molar-refractivity contribution in [2.75, 3.05) is 11.9 Å². The Morgan fingerprint density at radius 1 is 1.25 bits per heavy atom. The average molecular weight is 333 g/mol. The fraction of sp³-hybridized carbons (Fsp3) is 0.353. The maximum atomic E-state index is 14.2. The summed E-state index contributed by atoms with van der Waals surface area (Å²) in [7, 11) is 0. The lowest BCUT2D eigenvalue weighted by Gasteiger charge is -2.19. The van der Waals surface area contributed by atoms with Gasteiger partial charge in [0.1, 0.15) is 11.4 Å². The van der Waals surface area contributed by atoms with E-state index in [1.165, 1.54) is 24.5 Å². The Balaban J connectivity index is 2.13. The van der Waals surface area contributed by atoms with Gasteiger partial charge in [0.05, 0.1) is 24.7 Å². The number of rotatable bonds is 4. The second-order valence-corrected chi connectivity index (χ2v) is 6.00. The van der Waals surface area contributed by atoms with E-state index < -0.39 is 17.5 Å². The normalized spacial score (nSPS) is 11.0. The molecule has 0 bridgehead atoms. The number of nitrogens with one attached hydrogen (secondary N) is 1. The van der Waals surface area contributed by atoms with E-state index in [0.717, 1.165) is 0 Å². The van der Waals surface area contributed by atoms with Crippen molar-refractivity contribution in [2.45, 2.75) is 33.3 Å². The summed E-state index contributed by atoms with van der Waals surface area (Å²) >= 11 is 0. The van der Waals surface area contributed by atoms with Crippen LogP contribution >= 0.6 is 0 Å². The Kier molecular flexibility index (Phi) is 5.33. The molecule has 6 nitrogen and oxygen atoms in total. The van der Waals surface area contributed by atoms with Gasteiger partial charge in [-0.25, -0.2) is 19.2 Å². The quantitative estimate of drug-likeness (QED) is 0.914. The highest BCUT2D eigenvalue weighted by Crippen LogP contribution is 2.23. The predicted octanol–water partition coefficient (Wildman–Crippen LogP) is 4.03. The molecule has 1 aromatic heterocycles. The molecule has 2 rings (SSSR count). The topological polar surface area (TPSA) is 73.3 Å². The van der Waals surface area contributed by atoms with E-state index in [0.29, 0.717) is 23.7 Å². The number of hydrogen-bond acceptors (Lipinski definition) is 5. The summed E-state index contributed by atoms with van der Waals surface area (Å²) in [6, 6.07) is 4.31. The van der Waals surface area contributed by atoms with Gasteiger partial charge >= 0.3 is 6.09 Å². The molecular formula is C17H20FN3O3. The van der Waals surface area contributed by atoms with Crippen molar-refractivity contribution in [3.8, 4) is 17.1 Å². The van der Waals surface area contributed by atoms with Crippen LogP contribution in [0.3, 0.4) is 0 Å². The van der Waals surface area contributed by atoms with E-state index in [9.17, 15) is 9.18 Å². The molecule has 0 radical (unpaired) electrons. The Morgan fingerprint density at radius 3 is 2.46 bits per heavy atom. The van der Waals surface area contributed by atoms with Crippen LogP contribution in [-0.4, -0.2) is 28.3 Å². The number of amides is 1. The van der Waals surface area contributed by atoms with E-state index in [1.54, 1.807) is 26.8 Å². The van der Waals surface area contributed by atoms with Crippen molar-refractivity contribution < 1.29 is 18.7 Å². The zero-order valence-electron chi connectivity index (χ0n) is 14.1. The van der Waals surface area contributed by atoms with Crippen molar-refractivity contribution in [3.63, 3.8) is 0 Å². The molecule has 0 unspecified atom stereocenters. The van der Waals surface area contributed by atoms with Crippen LogP contribution in [0.2, 0.25) is 0 Å². The molecule has 0 aliphatic rings. The first-order valence-electron chi connectivity index (χ1n) is 7.53. The van der Waals surface area contributed by atoms with Gasteiger partial charge in [-0.3, -0.25) is 5.32 Å². The molecule has 0 spiro atoms. The molecule has 1 aromatic carbocycles. The van der Waals surface area contributed by atoms with Crippen molar-refractivity contribution in [2.24, 2.45) is 0 Å². The highest BCUT2D eigenvalue weighted by atomic mass is 19.1. The van der Waals surface area contributed by atoms with Crippen LogP contribution in [0.4, 0.5) is 14.9 Å². The van der Waals surface area contributed by atoms with Gasteiger partial charge in [0.2, 0.25) is 0 Å². The van der Waals surface area contributed by atoms with Gasteiger partial charge in [0.25, 0.3) is 0 Å². The molecule has 1 amide bonds. The molecular weight excluding hydrogens is 313 g/mol. The molecule has 0 fully saturated rings. The summed E-state index contributed by atoms with van der Waals surface area (Å²) < 4.78 is 24.5. The van der Waals surface area contributed by atoms with Gasteiger partial charge in [-0.05, 0) is 45.9 Å². The van der Waals surface area contributed by atoms with E-state index in [1.807, 2.05) is 6.92 Å². The minimum Gasteiger partial charge on any atom is -0.491 e. The smallest absolute Gasteiger partial charge is 0.412 e. The average Bonchev–Trinajstić information content (AvgIpc) is 2.48. The number of ether oxygens (including phenoxy) is 2. The molecule has 0 aliphatic carbocycles. The Bertz CT molecular complexity index is 712. The predicted molar refractivity (Wildman–Crippen MR) is 88.5 cm³/mol.